The molecule has 2 aromatic rings. The van der Waals surface area contributed by atoms with E-state index in [2.05, 4.69) is 5.32 Å². The SMILES string of the molecule is CCOC(=O)[C@H](CC(=O)c1ccccc1)N[C@@H](CCCCNC(=O)C(F)(F)F)C(=O)OCc1ccccc1. The number of alkyl halides is 3. The highest BCUT2D eigenvalue weighted by atomic mass is 19.4. The highest BCUT2D eigenvalue weighted by molar-refractivity contribution is 5.99. The van der Waals surface area contributed by atoms with Crippen LogP contribution >= 0.6 is 0 Å². The minimum absolute atomic E-state index is 0.0352. The van der Waals surface area contributed by atoms with Gasteiger partial charge in [0, 0.05) is 18.5 Å². The number of unbranched alkanes of at least 4 members (excludes halogenated alkanes) is 1. The van der Waals surface area contributed by atoms with Crippen molar-refractivity contribution in [3.63, 3.8) is 0 Å². The third-order valence-electron chi connectivity index (χ3n) is 5.43. The number of benzene rings is 2. The Kier molecular flexibility index (Phi) is 12.4. The fourth-order valence-electron chi connectivity index (χ4n) is 3.50. The number of amides is 1. The number of carbonyl (C=O) groups is 4. The Balaban J connectivity index is 2.09. The molecule has 0 heterocycles. The fourth-order valence-corrected chi connectivity index (χ4v) is 3.50. The molecule has 0 aliphatic rings. The number of hydrogen-bond donors (Lipinski definition) is 2. The van der Waals surface area contributed by atoms with E-state index >= 15 is 0 Å². The van der Waals surface area contributed by atoms with E-state index in [9.17, 15) is 32.3 Å². The third-order valence-corrected chi connectivity index (χ3v) is 5.43. The van der Waals surface area contributed by atoms with Crippen LogP contribution in [0.25, 0.3) is 0 Å². The van der Waals surface area contributed by atoms with Gasteiger partial charge in [0.2, 0.25) is 0 Å². The average Bonchev–Trinajstić information content (AvgIpc) is 2.90. The summed E-state index contributed by atoms with van der Waals surface area (Å²) in [7, 11) is 0. The first-order valence-electron chi connectivity index (χ1n) is 12.2. The molecule has 0 aliphatic carbocycles. The largest absolute Gasteiger partial charge is 0.471 e. The number of esters is 2. The molecule has 38 heavy (non-hydrogen) atoms. The lowest BCUT2D eigenvalue weighted by Gasteiger charge is -2.23. The summed E-state index contributed by atoms with van der Waals surface area (Å²) in [5.41, 5.74) is 1.11. The Morgan fingerprint density at radius 1 is 0.842 bits per heavy atom. The van der Waals surface area contributed by atoms with Crippen molar-refractivity contribution in [3.05, 3.63) is 71.8 Å². The Labute approximate surface area is 218 Å². The molecule has 0 unspecified atom stereocenters. The predicted molar refractivity (Wildman–Crippen MR) is 132 cm³/mol. The molecule has 0 fully saturated rings. The van der Waals surface area contributed by atoms with E-state index in [1.165, 1.54) is 0 Å². The Hall–Kier alpha value is -3.73. The zero-order valence-corrected chi connectivity index (χ0v) is 21.0. The van der Waals surface area contributed by atoms with Crippen LogP contribution < -0.4 is 10.6 Å². The molecule has 2 atom stereocenters. The molecule has 2 aromatic carbocycles. The van der Waals surface area contributed by atoms with Crippen LogP contribution in [0.1, 0.15) is 48.5 Å². The summed E-state index contributed by atoms with van der Waals surface area (Å²) < 4.78 is 47.6. The summed E-state index contributed by atoms with van der Waals surface area (Å²) in [6.45, 7) is 1.37. The van der Waals surface area contributed by atoms with Crippen molar-refractivity contribution in [1.82, 2.24) is 10.6 Å². The second kappa shape index (κ2) is 15.5. The molecule has 0 saturated heterocycles. The summed E-state index contributed by atoms with van der Waals surface area (Å²) in [4.78, 5) is 49.4. The van der Waals surface area contributed by atoms with E-state index in [0.717, 1.165) is 5.56 Å². The maximum absolute atomic E-state index is 13.0. The second-order valence-electron chi connectivity index (χ2n) is 8.36. The number of hydrogen-bond acceptors (Lipinski definition) is 7. The van der Waals surface area contributed by atoms with E-state index in [0.29, 0.717) is 5.56 Å². The third kappa shape index (κ3) is 10.7. The van der Waals surface area contributed by atoms with E-state index in [1.54, 1.807) is 72.9 Å². The molecule has 0 saturated carbocycles. The smallest absolute Gasteiger partial charge is 0.465 e. The van der Waals surface area contributed by atoms with E-state index in [-0.39, 0.29) is 51.2 Å². The molecule has 0 spiro atoms. The Morgan fingerprint density at radius 2 is 1.45 bits per heavy atom. The van der Waals surface area contributed by atoms with Gasteiger partial charge in [-0.3, -0.25) is 24.5 Å². The van der Waals surface area contributed by atoms with Crippen molar-refractivity contribution in [2.24, 2.45) is 0 Å². The van der Waals surface area contributed by atoms with Crippen molar-refractivity contribution in [3.8, 4) is 0 Å². The zero-order valence-electron chi connectivity index (χ0n) is 21.0. The van der Waals surface area contributed by atoms with Crippen LogP contribution in [0.5, 0.6) is 0 Å². The number of rotatable bonds is 15. The molecule has 11 heteroatoms. The number of Topliss-reactive ketones (excluding diaryl/α,β-unsaturated/α-hetero) is 1. The summed E-state index contributed by atoms with van der Waals surface area (Å²) in [5.74, 6) is -3.82. The topological polar surface area (TPSA) is 111 Å². The van der Waals surface area contributed by atoms with E-state index in [1.807, 2.05) is 0 Å². The molecule has 1 amide bonds. The summed E-state index contributed by atoms with van der Waals surface area (Å²) >= 11 is 0. The molecule has 206 valence electrons. The van der Waals surface area contributed by atoms with Crippen LogP contribution in [0, 0.1) is 0 Å². The van der Waals surface area contributed by atoms with E-state index < -0.39 is 36.1 Å². The van der Waals surface area contributed by atoms with Crippen molar-refractivity contribution in [2.75, 3.05) is 13.2 Å². The number of ether oxygens (including phenoxy) is 2. The average molecular weight is 537 g/mol. The van der Waals surface area contributed by atoms with Gasteiger partial charge in [0.15, 0.2) is 5.78 Å². The normalized spacial score (nSPS) is 12.7. The lowest BCUT2D eigenvalue weighted by atomic mass is 10.0. The van der Waals surface area contributed by atoms with Crippen molar-refractivity contribution >= 4 is 23.6 Å². The van der Waals surface area contributed by atoms with Crippen LogP contribution in [-0.2, 0) is 30.5 Å². The van der Waals surface area contributed by atoms with Crippen molar-refractivity contribution < 1.29 is 41.8 Å². The first-order chi connectivity index (χ1) is 18.1. The molecule has 0 aromatic heterocycles. The monoisotopic (exact) mass is 536 g/mol. The van der Waals surface area contributed by atoms with Gasteiger partial charge in [0.1, 0.15) is 18.7 Å². The van der Waals surface area contributed by atoms with Crippen molar-refractivity contribution in [2.45, 2.75) is 57.5 Å². The van der Waals surface area contributed by atoms with Crippen LogP contribution in [0.3, 0.4) is 0 Å². The zero-order chi connectivity index (χ0) is 28.0. The maximum Gasteiger partial charge on any atom is 0.471 e. The summed E-state index contributed by atoms with van der Waals surface area (Å²) in [6.07, 6.45) is -4.83. The summed E-state index contributed by atoms with van der Waals surface area (Å²) in [6, 6.07) is 15.0. The molecule has 2 N–H and O–H groups in total. The highest BCUT2D eigenvalue weighted by Crippen LogP contribution is 2.15. The quantitative estimate of drug-likeness (QED) is 0.203. The van der Waals surface area contributed by atoms with Gasteiger partial charge in [-0.15, -0.1) is 0 Å². The number of nitrogens with one attached hydrogen (secondary N) is 2. The Morgan fingerprint density at radius 3 is 2.05 bits per heavy atom. The first-order valence-corrected chi connectivity index (χ1v) is 12.2. The van der Waals surface area contributed by atoms with Gasteiger partial charge in [-0.1, -0.05) is 60.7 Å². The van der Waals surface area contributed by atoms with Gasteiger partial charge in [-0.05, 0) is 31.7 Å². The van der Waals surface area contributed by atoms with Crippen molar-refractivity contribution in [1.29, 1.82) is 0 Å². The molecular weight excluding hydrogens is 505 g/mol. The van der Waals surface area contributed by atoms with Crippen LogP contribution in [0.4, 0.5) is 13.2 Å². The van der Waals surface area contributed by atoms with Gasteiger partial charge in [0.25, 0.3) is 0 Å². The molecule has 0 radical (unpaired) electrons. The number of carbonyl (C=O) groups excluding carboxylic acids is 4. The molecule has 0 aliphatic heterocycles. The van der Waals surface area contributed by atoms with Gasteiger partial charge in [-0.2, -0.15) is 13.2 Å². The van der Waals surface area contributed by atoms with Crippen LogP contribution in [0.15, 0.2) is 60.7 Å². The molecular formula is C27H31F3N2O6. The molecule has 2 rings (SSSR count). The van der Waals surface area contributed by atoms with Gasteiger partial charge in [0.05, 0.1) is 6.61 Å². The van der Waals surface area contributed by atoms with Gasteiger partial charge < -0.3 is 14.8 Å². The first kappa shape index (κ1) is 30.5. The number of ketones is 1. The molecule has 8 nitrogen and oxygen atoms in total. The Bertz CT molecular complexity index is 1050. The lowest BCUT2D eigenvalue weighted by Crippen LogP contribution is -2.49. The minimum atomic E-state index is -4.98. The van der Waals surface area contributed by atoms with E-state index in [4.69, 9.17) is 9.47 Å². The predicted octanol–water partition coefficient (Wildman–Crippen LogP) is 3.74. The van der Waals surface area contributed by atoms with Crippen LogP contribution in [-0.4, -0.2) is 55.0 Å². The standard InChI is InChI=1S/C27H31F3N2O6/c1-2-37-25(35)22(17-23(33)20-13-7-4-8-14-20)32-21(15-9-10-16-31-26(36)27(28,29)30)24(34)38-18-19-11-5-3-6-12-19/h3-8,11-14,21-22,32H,2,9-10,15-18H2,1H3,(H,31,36)/t21-,22-/m0/s1. The van der Waals surface area contributed by atoms with Crippen LogP contribution in [0.2, 0.25) is 0 Å². The van der Waals surface area contributed by atoms with Gasteiger partial charge in [-0.25, -0.2) is 0 Å². The second-order valence-corrected chi connectivity index (χ2v) is 8.36. The highest BCUT2D eigenvalue weighted by Gasteiger charge is 2.38. The fraction of sp³-hybridized carbons (Fsp3) is 0.407. The maximum atomic E-state index is 13.0. The summed E-state index contributed by atoms with van der Waals surface area (Å²) in [5, 5.41) is 4.64. The number of halogens is 3. The van der Waals surface area contributed by atoms with Gasteiger partial charge >= 0.3 is 24.0 Å². The lowest BCUT2D eigenvalue weighted by molar-refractivity contribution is -0.173. The molecule has 0 bridgehead atoms. The minimum Gasteiger partial charge on any atom is -0.465 e.